The molecule has 0 aliphatic carbocycles. The van der Waals surface area contributed by atoms with E-state index in [1.165, 1.54) is 5.69 Å². The molecule has 13 heteroatoms. The Kier molecular flexibility index (Phi) is 9.38. The van der Waals surface area contributed by atoms with Crippen molar-refractivity contribution in [2.75, 3.05) is 70.6 Å². The number of carbonyl (C=O) groups is 2. The molecule has 2 aliphatic heterocycles. The zero-order chi connectivity index (χ0) is 27.8. The lowest BCUT2D eigenvalue weighted by Gasteiger charge is -2.28. The minimum absolute atomic E-state index is 0.0643. The molecule has 5 rings (SSSR count). The van der Waals surface area contributed by atoms with Gasteiger partial charge >= 0.3 is 12.1 Å². The quantitative estimate of drug-likeness (QED) is 0.483. The second kappa shape index (κ2) is 12.9. The highest BCUT2D eigenvalue weighted by molar-refractivity contribution is 5.95. The van der Waals surface area contributed by atoms with Gasteiger partial charge in [0.05, 0.1) is 43.8 Å². The molecule has 3 heterocycles. The van der Waals surface area contributed by atoms with Crippen LogP contribution in [0.3, 0.4) is 0 Å². The molecule has 3 aromatic rings. The molecule has 1 amide bonds. The summed E-state index contributed by atoms with van der Waals surface area (Å²) in [5.74, 6) is -2.82. The van der Waals surface area contributed by atoms with Crippen LogP contribution in [0.5, 0.6) is 0 Å². The van der Waals surface area contributed by atoms with Crippen molar-refractivity contribution >= 4 is 28.5 Å². The molecule has 2 aliphatic rings. The van der Waals surface area contributed by atoms with Crippen molar-refractivity contribution in [3.63, 3.8) is 0 Å². The van der Waals surface area contributed by atoms with Gasteiger partial charge in [0.25, 0.3) is 5.91 Å². The third-order valence-electron chi connectivity index (χ3n) is 6.34. The van der Waals surface area contributed by atoms with Crippen LogP contribution in [-0.2, 0) is 14.3 Å². The summed E-state index contributed by atoms with van der Waals surface area (Å²) in [6.45, 7) is 8.11. The number of nitrogens with one attached hydrogen (secondary N) is 1. The van der Waals surface area contributed by atoms with Crippen LogP contribution in [0.25, 0.3) is 16.6 Å². The van der Waals surface area contributed by atoms with E-state index in [0.29, 0.717) is 12.1 Å². The summed E-state index contributed by atoms with van der Waals surface area (Å²) in [5, 5.41) is 15.8. The Bertz CT molecular complexity index is 1270. The summed E-state index contributed by atoms with van der Waals surface area (Å²) in [5.41, 5.74) is 3.70. The zero-order valence-electron chi connectivity index (χ0n) is 21.2. The Hall–Kier alpha value is -3.68. The lowest BCUT2D eigenvalue weighted by Crippen LogP contribution is -2.41. The molecule has 0 atom stereocenters. The van der Waals surface area contributed by atoms with E-state index >= 15 is 0 Å². The number of aromatic nitrogens is 2. The van der Waals surface area contributed by atoms with Crippen LogP contribution in [0.4, 0.5) is 18.9 Å². The van der Waals surface area contributed by atoms with Gasteiger partial charge in [-0.3, -0.25) is 9.69 Å². The van der Waals surface area contributed by atoms with Crippen molar-refractivity contribution in [2.24, 2.45) is 0 Å². The number of carbonyl (C=O) groups excluding carboxylic acids is 1. The van der Waals surface area contributed by atoms with Crippen LogP contribution in [0.1, 0.15) is 10.4 Å². The summed E-state index contributed by atoms with van der Waals surface area (Å²) in [7, 11) is 0. The van der Waals surface area contributed by atoms with E-state index in [1.54, 1.807) is 0 Å². The number of hydrogen-bond acceptors (Lipinski definition) is 7. The number of anilines is 1. The van der Waals surface area contributed by atoms with Crippen molar-refractivity contribution in [3.8, 4) is 5.69 Å². The van der Waals surface area contributed by atoms with Gasteiger partial charge in [-0.05, 0) is 36.4 Å². The number of rotatable bonds is 6. The lowest BCUT2D eigenvalue weighted by atomic mass is 10.1. The number of halogens is 3. The number of morpholine rings is 2. The van der Waals surface area contributed by atoms with Gasteiger partial charge in [-0.2, -0.15) is 18.3 Å². The van der Waals surface area contributed by atoms with E-state index in [9.17, 15) is 18.0 Å². The fourth-order valence-electron chi connectivity index (χ4n) is 4.26. The second-order valence-electron chi connectivity index (χ2n) is 8.96. The number of aliphatic carboxylic acids is 1. The van der Waals surface area contributed by atoms with E-state index in [4.69, 9.17) is 19.4 Å². The molecule has 10 nitrogen and oxygen atoms in total. The van der Waals surface area contributed by atoms with Gasteiger partial charge in [0, 0.05) is 55.9 Å². The van der Waals surface area contributed by atoms with Crippen LogP contribution in [-0.4, -0.2) is 104 Å². The number of carboxylic acid groups (broad SMARTS) is 1. The van der Waals surface area contributed by atoms with Crippen LogP contribution in [0.15, 0.2) is 48.7 Å². The number of alkyl halides is 3. The van der Waals surface area contributed by atoms with Crippen LogP contribution >= 0.6 is 0 Å². The first-order valence-corrected chi connectivity index (χ1v) is 12.5. The van der Waals surface area contributed by atoms with E-state index in [2.05, 4.69) is 38.4 Å². The van der Waals surface area contributed by atoms with E-state index in [0.717, 1.165) is 75.7 Å². The Morgan fingerprint density at radius 1 is 0.949 bits per heavy atom. The molecule has 0 bridgehead atoms. The Morgan fingerprint density at radius 3 is 2.28 bits per heavy atom. The largest absolute Gasteiger partial charge is 0.490 e. The Labute approximate surface area is 222 Å². The summed E-state index contributed by atoms with van der Waals surface area (Å²) in [4.78, 5) is 26.3. The summed E-state index contributed by atoms with van der Waals surface area (Å²) >= 11 is 0. The maximum absolute atomic E-state index is 12.7. The van der Waals surface area contributed by atoms with E-state index < -0.39 is 12.1 Å². The monoisotopic (exact) mass is 549 g/mol. The fraction of sp³-hybridized carbons (Fsp3) is 0.423. The Morgan fingerprint density at radius 2 is 1.62 bits per heavy atom. The lowest BCUT2D eigenvalue weighted by molar-refractivity contribution is -0.192. The van der Waals surface area contributed by atoms with Crippen molar-refractivity contribution in [3.05, 3.63) is 54.2 Å². The van der Waals surface area contributed by atoms with Gasteiger partial charge < -0.3 is 24.8 Å². The first-order chi connectivity index (χ1) is 18.7. The van der Waals surface area contributed by atoms with Crippen molar-refractivity contribution in [1.82, 2.24) is 20.0 Å². The van der Waals surface area contributed by atoms with Crippen LogP contribution in [0.2, 0.25) is 0 Å². The zero-order valence-corrected chi connectivity index (χ0v) is 21.2. The first kappa shape index (κ1) is 28.3. The molecule has 2 aromatic carbocycles. The number of ether oxygens (including phenoxy) is 2. The van der Waals surface area contributed by atoms with Crippen molar-refractivity contribution in [2.45, 2.75) is 6.18 Å². The Balaban J connectivity index is 0.000000448. The molecule has 210 valence electrons. The summed E-state index contributed by atoms with van der Waals surface area (Å²) < 4.78 is 44.5. The van der Waals surface area contributed by atoms with E-state index in [-0.39, 0.29) is 5.91 Å². The van der Waals surface area contributed by atoms with Gasteiger partial charge in [-0.15, -0.1) is 0 Å². The number of amides is 1. The number of fused-ring (bicyclic) bond motifs is 1. The summed E-state index contributed by atoms with van der Waals surface area (Å²) in [6, 6.07) is 14.0. The molecule has 2 N–H and O–H groups in total. The third-order valence-corrected chi connectivity index (χ3v) is 6.34. The maximum Gasteiger partial charge on any atom is 0.490 e. The predicted octanol–water partition coefficient (Wildman–Crippen LogP) is 2.56. The third kappa shape index (κ3) is 7.68. The average molecular weight is 550 g/mol. The standard InChI is InChI=1S/C24H29N5O3.C2HF3O2/c30-24(25-6-7-27-8-12-31-13-9-27)19-2-1-3-22(16-19)29-23-17-21(5-4-20(23)18-26-29)28-10-14-32-15-11-28;3-2(4,5)1(6)7/h1-5,16-18H,6-15H2,(H,25,30);(H,6,7). The van der Waals surface area contributed by atoms with Crippen molar-refractivity contribution in [1.29, 1.82) is 0 Å². The molecule has 1 aromatic heterocycles. The highest BCUT2D eigenvalue weighted by atomic mass is 19.4. The second-order valence-corrected chi connectivity index (χ2v) is 8.96. The van der Waals surface area contributed by atoms with Crippen LogP contribution < -0.4 is 10.2 Å². The minimum atomic E-state index is -5.08. The van der Waals surface area contributed by atoms with Crippen molar-refractivity contribution < 1.29 is 37.3 Å². The minimum Gasteiger partial charge on any atom is -0.475 e. The smallest absolute Gasteiger partial charge is 0.475 e. The fourth-order valence-corrected chi connectivity index (χ4v) is 4.26. The molecule has 0 radical (unpaired) electrons. The number of carboxylic acids is 1. The average Bonchev–Trinajstić information content (AvgIpc) is 3.37. The molecular formula is C26H30F3N5O5. The predicted molar refractivity (Wildman–Crippen MR) is 137 cm³/mol. The topological polar surface area (TPSA) is 109 Å². The molecule has 2 fully saturated rings. The van der Waals surface area contributed by atoms with Gasteiger partial charge in [-0.1, -0.05) is 6.07 Å². The molecule has 39 heavy (non-hydrogen) atoms. The molecule has 0 unspecified atom stereocenters. The maximum atomic E-state index is 12.7. The highest BCUT2D eigenvalue weighted by Crippen LogP contribution is 2.25. The first-order valence-electron chi connectivity index (χ1n) is 12.5. The highest BCUT2D eigenvalue weighted by Gasteiger charge is 2.38. The van der Waals surface area contributed by atoms with Gasteiger partial charge in [0.2, 0.25) is 0 Å². The van der Waals surface area contributed by atoms with Gasteiger partial charge in [0.1, 0.15) is 0 Å². The number of hydrogen-bond donors (Lipinski definition) is 2. The molecule has 0 spiro atoms. The molecular weight excluding hydrogens is 519 g/mol. The van der Waals surface area contributed by atoms with Gasteiger partial charge in [0.15, 0.2) is 0 Å². The molecule has 2 saturated heterocycles. The normalized spacial score (nSPS) is 16.4. The van der Waals surface area contributed by atoms with Crippen LogP contribution in [0, 0.1) is 0 Å². The molecule has 0 saturated carbocycles. The number of nitrogens with zero attached hydrogens (tertiary/aromatic N) is 4. The van der Waals surface area contributed by atoms with E-state index in [1.807, 2.05) is 35.1 Å². The SMILES string of the molecule is O=C(NCCN1CCOCC1)c1cccc(-n2ncc3ccc(N4CCOCC4)cc32)c1.O=C(O)C(F)(F)F. The summed E-state index contributed by atoms with van der Waals surface area (Å²) in [6.07, 6.45) is -3.21. The number of benzene rings is 2. The van der Waals surface area contributed by atoms with Gasteiger partial charge in [-0.25, -0.2) is 9.48 Å².